The highest BCUT2D eigenvalue weighted by molar-refractivity contribution is 7.89. The summed E-state index contributed by atoms with van der Waals surface area (Å²) in [6.07, 6.45) is 0. The van der Waals surface area contributed by atoms with Crippen LogP contribution in [0.4, 0.5) is 5.69 Å². The molecule has 0 unspecified atom stereocenters. The lowest BCUT2D eigenvalue weighted by Gasteiger charge is -2.35. The van der Waals surface area contributed by atoms with Crippen molar-refractivity contribution in [1.29, 1.82) is 0 Å². The number of nitrogens with zero attached hydrogens (tertiary/aromatic N) is 3. The molecule has 1 saturated heterocycles. The lowest BCUT2D eigenvalue weighted by Crippen LogP contribution is -2.48. The molecule has 0 amide bonds. The number of fused-ring (bicyclic) bond motifs is 1. The molecule has 4 rings (SSSR count). The molecule has 1 aromatic heterocycles. The van der Waals surface area contributed by atoms with Crippen LogP contribution in [0.2, 0.25) is 0 Å². The number of aryl methyl sites for hydroxylation is 2. The topological polar surface area (TPSA) is 85.1 Å². The van der Waals surface area contributed by atoms with E-state index >= 15 is 0 Å². The molecule has 0 saturated carbocycles. The first kappa shape index (κ1) is 16.2. The second kappa shape index (κ2) is 5.92. The quantitative estimate of drug-likeness (QED) is 0.815. The highest BCUT2D eigenvalue weighted by Crippen LogP contribution is 2.36. The maximum absolute atomic E-state index is 12.9. The van der Waals surface area contributed by atoms with Crippen molar-refractivity contribution in [2.24, 2.45) is 0 Å². The molecule has 2 aliphatic heterocycles. The van der Waals surface area contributed by atoms with Crippen molar-refractivity contribution in [3.05, 3.63) is 29.7 Å². The second-order valence-electron chi connectivity index (χ2n) is 6.08. The molecule has 0 radical (unpaired) electrons. The number of hydrogen-bond donors (Lipinski definition) is 0. The summed E-state index contributed by atoms with van der Waals surface area (Å²) in [6.45, 7) is 5.51. The molecule has 1 fully saturated rings. The van der Waals surface area contributed by atoms with E-state index in [9.17, 15) is 8.42 Å². The van der Waals surface area contributed by atoms with E-state index in [-0.39, 0.29) is 11.7 Å². The van der Waals surface area contributed by atoms with Crippen LogP contribution in [-0.2, 0) is 10.0 Å². The number of benzene rings is 1. The number of sulfonamides is 1. The summed E-state index contributed by atoms with van der Waals surface area (Å²) in [5.74, 6) is 1.79. The van der Waals surface area contributed by atoms with Crippen molar-refractivity contribution in [2.75, 3.05) is 37.9 Å². The summed E-state index contributed by atoms with van der Waals surface area (Å²) in [7, 11) is -3.59. The Morgan fingerprint density at radius 3 is 2.44 bits per heavy atom. The van der Waals surface area contributed by atoms with Gasteiger partial charge in [0.2, 0.25) is 16.8 Å². The molecule has 0 aliphatic carbocycles. The van der Waals surface area contributed by atoms with Crippen LogP contribution in [0.1, 0.15) is 11.5 Å². The molecular weight excluding hydrogens is 346 g/mol. The molecule has 2 aliphatic rings. The van der Waals surface area contributed by atoms with Crippen LogP contribution in [-0.4, -0.2) is 50.9 Å². The minimum Gasteiger partial charge on any atom is -0.454 e. The zero-order valence-corrected chi connectivity index (χ0v) is 14.9. The van der Waals surface area contributed by atoms with Crippen molar-refractivity contribution in [2.45, 2.75) is 18.7 Å². The minimum atomic E-state index is -3.59. The fourth-order valence-corrected chi connectivity index (χ4v) is 4.95. The second-order valence-corrected chi connectivity index (χ2v) is 7.96. The fourth-order valence-electron chi connectivity index (χ4n) is 3.24. The molecule has 134 valence electrons. The van der Waals surface area contributed by atoms with Crippen molar-refractivity contribution >= 4 is 15.7 Å². The number of rotatable bonds is 3. The Bertz CT molecular complexity index is 881. The van der Waals surface area contributed by atoms with Gasteiger partial charge in [0, 0.05) is 37.9 Å². The van der Waals surface area contributed by atoms with Crippen LogP contribution >= 0.6 is 0 Å². The molecule has 1 aromatic carbocycles. The molecule has 0 spiro atoms. The van der Waals surface area contributed by atoms with Crippen LogP contribution in [0, 0.1) is 13.8 Å². The third kappa shape index (κ3) is 2.73. The van der Waals surface area contributed by atoms with Gasteiger partial charge in [-0.05, 0) is 26.0 Å². The molecule has 3 heterocycles. The predicted molar refractivity (Wildman–Crippen MR) is 89.5 cm³/mol. The van der Waals surface area contributed by atoms with Gasteiger partial charge >= 0.3 is 0 Å². The summed E-state index contributed by atoms with van der Waals surface area (Å²) in [5, 5.41) is 3.76. The predicted octanol–water partition coefficient (Wildman–Crippen LogP) is 1.53. The van der Waals surface area contributed by atoms with Crippen molar-refractivity contribution in [1.82, 2.24) is 9.46 Å². The fraction of sp³-hybridized carbons (Fsp3) is 0.438. The Kier molecular flexibility index (Phi) is 3.84. The van der Waals surface area contributed by atoms with E-state index in [2.05, 4.69) is 10.1 Å². The Morgan fingerprint density at radius 2 is 1.76 bits per heavy atom. The van der Waals surface area contributed by atoms with Gasteiger partial charge < -0.3 is 18.9 Å². The van der Waals surface area contributed by atoms with E-state index in [0.717, 1.165) is 17.2 Å². The molecule has 25 heavy (non-hydrogen) atoms. The zero-order chi connectivity index (χ0) is 17.6. The van der Waals surface area contributed by atoms with Gasteiger partial charge in [-0.2, -0.15) is 4.31 Å². The first-order valence-electron chi connectivity index (χ1n) is 8.04. The summed E-state index contributed by atoms with van der Waals surface area (Å²) >= 11 is 0. The normalized spacial score (nSPS) is 17.9. The third-order valence-electron chi connectivity index (χ3n) is 4.53. The molecular formula is C16H19N3O5S. The van der Waals surface area contributed by atoms with Gasteiger partial charge in [0.1, 0.15) is 10.6 Å². The van der Waals surface area contributed by atoms with E-state index in [1.807, 2.05) is 18.2 Å². The van der Waals surface area contributed by atoms with Gasteiger partial charge in [-0.25, -0.2) is 8.42 Å². The summed E-state index contributed by atoms with van der Waals surface area (Å²) < 4.78 is 42.9. The number of ether oxygens (including phenoxy) is 2. The minimum absolute atomic E-state index is 0.184. The number of anilines is 1. The molecule has 0 bridgehead atoms. The first-order chi connectivity index (χ1) is 12.0. The van der Waals surface area contributed by atoms with Gasteiger partial charge in [-0.15, -0.1) is 0 Å². The highest BCUT2D eigenvalue weighted by atomic mass is 32.2. The van der Waals surface area contributed by atoms with E-state index in [1.165, 1.54) is 4.31 Å². The molecule has 9 heteroatoms. The van der Waals surface area contributed by atoms with E-state index in [4.69, 9.17) is 14.0 Å². The standard InChI is InChI=1S/C16H19N3O5S/c1-11-16(12(2)24-17-11)25(20,21)19-7-5-18(6-8-19)13-3-4-14-15(9-13)23-10-22-14/h3-4,9H,5-8,10H2,1-2H3. The monoisotopic (exact) mass is 365 g/mol. The van der Waals surface area contributed by atoms with Gasteiger partial charge in [0.15, 0.2) is 17.3 Å². The largest absolute Gasteiger partial charge is 0.454 e. The van der Waals surface area contributed by atoms with E-state index in [1.54, 1.807) is 13.8 Å². The zero-order valence-electron chi connectivity index (χ0n) is 14.1. The maximum atomic E-state index is 12.9. The number of aromatic nitrogens is 1. The van der Waals surface area contributed by atoms with Gasteiger partial charge in [-0.1, -0.05) is 5.16 Å². The average Bonchev–Trinajstić information content (AvgIpc) is 3.20. The Balaban J connectivity index is 1.50. The Labute approximate surface area is 146 Å². The Hall–Kier alpha value is -2.26. The molecule has 2 aromatic rings. The number of piperazine rings is 1. The average molecular weight is 365 g/mol. The van der Waals surface area contributed by atoms with Crippen LogP contribution in [0.15, 0.2) is 27.6 Å². The van der Waals surface area contributed by atoms with Gasteiger partial charge in [0.25, 0.3) is 0 Å². The van der Waals surface area contributed by atoms with E-state index < -0.39 is 10.0 Å². The van der Waals surface area contributed by atoms with Crippen LogP contribution in [0.3, 0.4) is 0 Å². The number of hydrogen-bond acceptors (Lipinski definition) is 7. The SMILES string of the molecule is Cc1noc(C)c1S(=O)(=O)N1CCN(c2ccc3c(c2)OCO3)CC1. The van der Waals surface area contributed by atoms with Crippen molar-refractivity contribution in [3.63, 3.8) is 0 Å². The first-order valence-corrected chi connectivity index (χ1v) is 9.48. The summed E-state index contributed by atoms with van der Waals surface area (Å²) in [4.78, 5) is 2.32. The smallest absolute Gasteiger partial charge is 0.248 e. The molecule has 0 atom stereocenters. The van der Waals surface area contributed by atoms with Gasteiger partial charge in [-0.3, -0.25) is 0 Å². The highest BCUT2D eigenvalue weighted by Gasteiger charge is 2.33. The lowest BCUT2D eigenvalue weighted by molar-refractivity contribution is 0.174. The molecule has 0 N–H and O–H groups in total. The van der Waals surface area contributed by atoms with Crippen LogP contribution in [0.25, 0.3) is 0 Å². The Morgan fingerprint density at radius 1 is 1.04 bits per heavy atom. The van der Waals surface area contributed by atoms with Crippen LogP contribution in [0.5, 0.6) is 11.5 Å². The molecule has 8 nitrogen and oxygen atoms in total. The lowest BCUT2D eigenvalue weighted by atomic mass is 10.2. The van der Waals surface area contributed by atoms with Crippen LogP contribution < -0.4 is 14.4 Å². The summed E-state index contributed by atoms with van der Waals surface area (Å²) in [6, 6.07) is 5.78. The van der Waals surface area contributed by atoms with E-state index in [0.29, 0.717) is 37.6 Å². The third-order valence-corrected chi connectivity index (χ3v) is 6.67. The maximum Gasteiger partial charge on any atom is 0.248 e. The summed E-state index contributed by atoms with van der Waals surface area (Å²) in [5.41, 5.74) is 1.40. The van der Waals surface area contributed by atoms with Crippen molar-refractivity contribution < 1.29 is 22.4 Å². The van der Waals surface area contributed by atoms with Gasteiger partial charge in [0.05, 0.1) is 0 Å². The van der Waals surface area contributed by atoms with Crippen molar-refractivity contribution in [3.8, 4) is 11.5 Å².